The van der Waals surface area contributed by atoms with Gasteiger partial charge in [0.05, 0.1) is 22.7 Å². The Morgan fingerprint density at radius 3 is 2.95 bits per heavy atom. The molecule has 1 aromatic carbocycles. The Labute approximate surface area is 133 Å². The van der Waals surface area contributed by atoms with E-state index in [4.69, 9.17) is 16.7 Å². The summed E-state index contributed by atoms with van der Waals surface area (Å²) in [5.74, 6) is 7.71. The fourth-order valence-corrected chi connectivity index (χ4v) is 3.40. The van der Waals surface area contributed by atoms with E-state index in [9.17, 15) is 0 Å². The van der Waals surface area contributed by atoms with Crippen LogP contribution in [0.25, 0.3) is 11.0 Å². The zero-order valence-electron chi connectivity index (χ0n) is 11.7. The van der Waals surface area contributed by atoms with E-state index >= 15 is 0 Å². The van der Waals surface area contributed by atoms with Crippen LogP contribution in [-0.4, -0.2) is 27.4 Å². The van der Waals surface area contributed by atoms with Crippen LogP contribution >= 0.6 is 23.4 Å². The summed E-state index contributed by atoms with van der Waals surface area (Å²) < 4.78 is 0. The summed E-state index contributed by atoms with van der Waals surface area (Å²) >= 11 is 7.79. The third-order valence-corrected chi connectivity index (χ3v) is 4.81. The van der Waals surface area contributed by atoms with E-state index in [1.807, 2.05) is 12.1 Å². The summed E-state index contributed by atoms with van der Waals surface area (Å²) in [6.45, 7) is 0.139. The monoisotopic (exact) mass is 320 g/mol. The van der Waals surface area contributed by atoms with Crippen molar-refractivity contribution in [2.75, 3.05) is 12.4 Å². The van der Waals surface area contributed by atoms with Gasteiger partial charge in [-0.05, 0) is 25.0 Å². The van der Waals surface area contributed by atoms with Crippen molar-refractivity contribution >= 4 is 34.4 Å². The minimum absolute atomic E-state index is 0.139. The van der Waals surface area contributed by atoms with Gasteiger partial charge in [-0.2, -0.15) is 0 Å². The Morgan fingerprint density at radius 2 is 2.19 bits per heavy atom. The molecule has 5 heteroatoms. The molecule has 0 atom stereocenters. The van der Waals surface area contributed by atoms with E-state index in [0.29, 0.717) is 16.7 Å². The van der Waals surface area contributed by atoms with Crippen LogP contribution in [0.2, 0.25) is 5.02 Å². The lowest BCUT2D eigenvalue weighted by Crippen LogP contribution is -1.87. The molecule has 0 radical (unpaired) electrons. The minimum Gasteiger partial charge on any atom is -0.396 e. The van der Waals surface area contributed by atoms with Crippen molar-refractivity contribution in [2.45, 2.75) is 30.8 Å². The minimum atomic E-state index is 0.139. The first-order valence-corrected chi connectivity index (χ1v) is 8.57. The number of thioether (sulfide) groups is 1. The molecule has 0 aliphatic heterocycles. The fourth-order valence-electron chi connectivity index (χ4n) is 2.56. The smallest absolute Gasteiger partial charge is 0.166 e. The van der Waals surface area contributed by atoms with Gasteiger partial charge in [0.2, 0.25) is 0 Å². The van der Waals surface area contributed by atoms with Gasteiger partial charge in [-0.15, -0.1) is 0 Å². The van der Waals surface area contributed by atoms with Gasteiger partial charge >= 0.3 is 0 Å². The van der Waals surface area contributed by atoms with Crippen LogP contribution in [0.3, 0.4) is 0 Å². The average molecular weight is 321 g/mol. The van der Waals surface area contributed by atoms with Gasteiger partial charge in [0.1, 0.15) is 0 Å². The summed E-state index contributed by atoms with van der Waals surface area (Å²) in [5.41, 5.74) is 2.64. The van der Waals surface area contributed by atoms with Gasteiger partial charge < -0.3 is 10.1 Å². The van der Waals surface area contributed by atoms with E-state index in [0.717, 1.165) is 21.8 Å². The molecule has 1 aliphatic carbocycles. The molecule has 3 rings (SSSR count). The van der Waals surface area contributed by atoms with E-state index in [1.54, 1.807) is 0 Å². The highest BCUT2D eigenvalue weighted by molar-refractivity contribution is 7.99. The largest absolute Gasteiger partial charge is 0.396 e. The molecular formula is C16H17ClN2OS. The number of aromatic nitrogens is 2. The molecule has 2 aromatic rings. The Kier molecular flexibility index (Phi) is 4.74. The van der Waals surface area contributed by atoms with Crippen LogP contribution in [0.15, 0.2) is 17.3 Å². The number of aliphatic hydroxyl groups excluding tert-OH is 1. The standard InChI is InChI=1S/C16H17ClN2OS/c17-13-10-15-14(18-16(19-15)21-8-7-20)9-12(13)6-5-11-3-1-2-4-11/h9-11,20H,1-4,7-8H2,(H,18,19). The van der Waals surface area contributed by atoms with Crippen LogP contribution in [0.5, 0.6) is 0 Å². The normalized spacial score (nSPS) is 15.3. The Bertz CT molecular complexity index is 695. The lowest BCUT2D eigenvalue weighted by molar-refractivity contribution is 0.322. The molecule has 1 fully saturated rings. The molecule has 21 heavy (non-hydrogen) atoms. The lowest BCUT2D eigenvalue weighted by Gasteiger charge is -1.98. The second-order valence-electron chi connectivity index (χ2n) is 5.21. The summed E-state index contributed by atoms with van der Waals surface area (Å²) in [6.07, 6.45) is 4.99. The van der Waals surface area contributed by atoms with Crippen LogP contribution < -0.4 is 0 Å². The van der Waals surface area contributed by atoms with Crippen molar-refractivity contribution < 1.29 is 5.11 Å². The number of aliphatic hydroxyl groups is 1. The first kappa shape index (κ1) is 14.8. The fraction of sp³-hybridized carbons (Fsp3) is 0.438. The number of nitrogens with one attached hydrogen (secondary N) is 1. The SMILES string of the molecule is OCCSc1nc2cc(Cl)c(C#CC3CCCC3)cc2[nH]1. The second-order valence-corrected chi connectivity index (χ2v) is 6.70. The quantitative estimate of drug-likeness (QED) is 0.667. The zero-order valence-corrected chi connectivity index (χ0v) is 13.2. The number of rotatable bonds is 3. The number of imidazole rings is 1. The average Bonchev–Trinajstić information content (AvgIpc) is 3.11. The summed E-state index contributed by atoms with van der Waals surface area (Å²) in [6, 6.07) is 3.82. The van der Waals surface area contributed by atoms with Crippen molar-refractivity contribution in [2.24, 2.45) is 5.92 Å². The number of hydrogen-bond donors (Lipinski definition) is 2. The van der Waals surface area contributed by atoms with Crippen molar-refractivity contribution in [3.63, 3.8) is 0 Å². The van der Waals surface area contributed by atoms with Crippen molar-refractivity contribution in [1.29, 1.82) is 0 Å². The van der Waals surface area contributed by atoms with Crippen LogP contribution in [0, 0.1) is 17.8 Å². The predicted molar refractivity (Wildman–Crippen MR) is 87.7 cm³/mol. The van der Waals surface area contributed by atoms with Gasteiger partial charge in [-0.3, -0.25) is 0 Å². The maximum Gasteiger partial charge on any atom is 0.166 e. The first-order chi connectivity index (χ1) is 10.3. The number of fused-ring (bicyclic) bond motifs is 1. The Balaban J connectivity index is 1.86. The van der Waals surface area contributed by atoms with Gasteiger partial charge in [0, 0.05) is 17.2 Å². The number of aromatic amines is 1. The molecule has 2 N–H and O–H groups in total. The van der Waals surface area contributed by atoms with Gasteiger partial charge in [-0.25, -0.2) is 4.98 Å². The van der Waals surface area contributed by atoms with Crippen molar-refractivity contribution in [3.05, 3.63) is 22.7 Å². The van der Waals surface area contributed by atoms with E-state index in [2.05, 4.69) is 21.8 Å². The van der Waals surface area contributed by atoms with Gasteiger partial charge in [0.15, 0.2) is 5.16 Å². The summed E-state index contributed by atoms with van der Waals surface area (Å²) in [7, 11) is 0. The molecule has 0 bridgehead atoms. The molecule has 0 unspecified atom stereocenters. The molecular weight excluding hydrogens is 304 g/mol. The summed E-state index contributed by atoms with van der Waals surface area (Å²) in [5, 5.41) is 10.3. The Hall–Kier alpha value is -1.15. The van der Waals surface area contributed by atoms with Crippen LogP contribution in [0.4, 0.5) is 0 Å². The summed E-state index contributed by atoms with van der Waals surface area (Å²) in [4.78, 5) is 7.69. The molecule has 0 spiro atoms. The molecule has 1 heterocycles. The zero-order chi connectivity index (χ0) is 14.7. The molecule has 110 valence electrons. The molecule has 0 saturated heterocycles. The van der Waals surface area contributed by atoms with E-state index < -0.39 is 0 Å². The van der Waals surface area contributed by atoms with Crippen molar-refractivity contribution in [1.82, 2.24) is 9.97 Å². The highest BCUT2D eigenvalue weighted by Gasteiger charge is 2.12. The first-order valence-electron chi connectivity index (χ1n) is 7.21. The number of nitrogens with zero attached hydrogens (tertiary/aromatic N) is 1. The number of hydrogen-bond acceptors (Lipinski definition) is 3. The maximum absolute atomic E-state index is 8.86. The van der Waals surface area contributed by atoms with E-state index in [1.165, 1.54) is 37.4 Å². The van der Waals surface area contributed by atoms with Gasteiger partial charge in [-0.1, -0.05) is 48.0 Å². The maximum atomic E-state index is 8.86. The number of benzene rings is 1. The number of halogens is 1. The highest BCUT2D eigenvalue weighted by Crippen LogP contribution is 2.26. The van der Waals surface area contributed by atoms with Gasteiger partial charge in [0.25, 0.3) is 0 Å². The molecule has 1 saturated carbocycles. The van der Waals surface area contributed by atoms with Crippen LogP contribution in [-0.2, 0) is 0 Å². The molecule has 1 aliphatic rings. The third kappa shape index (κ3) is 3.55. The molecule has 3 nitrogen and oxygen atoms in total. The molecule has 0 amide bonds. The lowest BCUT2D eigenvalue weighted by atomic mass is 10.1. The third-order valence-electron chi connectivity index (χ3n) is 3.65. The second kappa shape index (κ2) is 6.74. The highest BCUT2D eigenvalue weighted by atomic mass is 35.5. The topological polar surface area (TPSA) is 48.9 Å². The predicted octanol–water partition coefficient (Wildman–Crippen LogP) is 3.84. The van der Waals surface area contributed by atoms with Crippen LogP contribution in [0.1, 0.15) is 31.2 Å². The Morgan fingerprint density at radius 1 is 1.38 bits per heavy atom. The number of H-pyrrole nitrogens is 1. The molecule has 1 aromatic heterocycles. The van der Waals surface area contributed by atoms with Crippen molar-refractivity contribution in [3.8, 4) is 11.8 Å². The van der Waals surface area contributed by atoms with E-state index in [-0.39, 0.29) is 6.61 Å².